The number of hydrogen-bond donors (Lipinski definition) is 1. The number of nitrogens with zero attached hydrogens (tertiary/aromatic N) is 1. The SMILES string of the molecule is CCN(CC(=O)OC)C(=O)CCNC(=O)C1CCCC1. The van der Waals surface area contributed by atoms with E-state index in [0.717, 1.165) is 25.7 Å². The predicted molar refractivity (Wildman–Crippen MR) is 73.9 cm³/mol. The predicted octanol–water partition coefficient (Wildman–Crippen LogP) is 0.704. The first-order chi connectivity index (χ1) is 9.58. The van der Waals surface area contributed by atoms with Gasteiger partial charge in [0.05, 0.1) is 7.11 Å². The second kappa shape index (κ2) is 8.55. The van der Waals surface area contributed by atoms with Gasteiger partial charge in [-0.25, -0.2) is 0 Å². The van der Waals surface area contributed by atoms with Gasteiger partial charge in [0.1, 0.15) is 6.54 Å². The van der Waals surface area contributed by atoms with Crippen LogP contribution in [0.25, 0.3) is 0 Å². The molecule has 20 heavy (non-hydrogen) atoms. The van der Waals surface area contributed by atoms with Crippen LogP contribution in [0.1, 0.15) is 39.0 Å². The Balaban J connectivity index is 2.26. The number of likely N-dealkylation sites (N-methyl/N-ethyl adjacent to an activating group) is 1. The first kappa shape index (κ1) is 16.5. The molecule has 0 spiro atoms. The second-order valence-corrected chi connectivity index (χ2v) is 5.01. The largest absolute Gasteiger partial charge is 0.468 e. The molecule has 0 aromatic carbocycles. The van der Waals surface area contributed by atoms with Crippen molar-refractivity contribution < 1.29 is 19.1 Å². The number of esters is 1. The molecule has 0 heterocycles. The minimum Gasteiger partial charge on any atom is -0.468 e. The van der Waals surface area contributed by atoms with Crippen LogP contribution in [-0.2, 0) is 19.1 Å². The Labute approximate surface area is 119 Å². The van der Waals surface area contributed by atoms with Gasteiger partial charge in [0.15, 0.2) is 0 Å². The molecule has 0 aromatic heterocycles. The molecule has 0 saturated heterocycles. The van der Waals surface area contributed by atoms with E-state index in [9.17, 15) is 14.4 Å². The monoisotopic (exact) mass is 284 g/mol. The summed E-state index contributed by atoms with van der Waals surface area (Å²) in [5.41, 5.74) is 0. The number of carbonyl (C=O) groups is 3. The number of methoxy groups -OCH3 is 1. The minimum atomic E-state index is -0.435. The highest BCUT2D eigenvalue weighted by Crippen LogP contribution is 2.24. The van der Waals surface area contributed by atoms with Crippen molar-refractivity contribution in [3.63, 3.8) is 0 Å². The van der Waals surface area contributed by atoms with Gasteiger partial charge in [0.25, 0.3) is 0 Å². The van der Waals surface area contributed by atoms with E-state index in [4.69, 9.17) is 0 Å². The standard InChI is InChI=1S/C14H24N2O4/c1-3-16(10-13(18)20-2)12(17)8-9-15-14(19)11-6-4-5-7-11/h11H,3-10H2,1-2H3,(H,15,19). The first-order valence-corrected chi connectivity index (χ1v) is 7.20. The Morgan fingerprint density at radius 2 is 1.90 bits per heavy atom. The Hall–Kier alpha value is -1.59. The molecule has 6 nitrogen and oxygen atoms in total. The summed E-state index contributed by atoms with van der Waals surface area (Å²) in [4.78, 5) is 36.3. The minimum absolute atomic E-state index is 0.0393. The van der Waals surface area contributed by atoms with Crippen LogP contribution in [0.4, 0.5) is 0 Å². The molecule has 1 N–H and O–H groups in total. The Morgan fingerprint density at radius 3 is 2.45 bits per heavy atom. The number of hydrogen-bond acceptors (Lipinski definition) is 4. The molecule has 1 aliphatic carbocycles. The van der Waals surface area contributed by atoms with Crippen LogP contribution in [0, 0.1) is 5.92 Å². The zero-order valence-electron chi connectivity index (χ0n) is 12.3. The maximum atomic E-state index is 11.9. The summed E-state index contributed by atoms with van der Waals surface area (Å²) in [6.07, 6.45) is 4.33. The molecule has 6 heteroatoms. The van der Waals surface area contributed by atoms with Gasteiger partial charge in [0, 0.05) is 25.4 Å². The lowest BCUT2D eigenvalue weighted by Crippen LogP contribution is -2.38. The number of amides is 2. The third-order valence-corrected chi connectivity index (χ3v) is 3.65. The van der Waals surface area contributed by atoms with Crippen molar-refractivity contribution in [1.82, 2.24) is 10.2 Å². The van der Waals surface area contributed by atoms with Crippen molar-refractivity contribution in [2.45, 2.75) is 39.0 Å². The summed E-state index contributed by atoms with van der Waals surface area (Å²) in [5.74, 6) is -0.423. The molecule has 1 saturated carbocycles. The van der Waals surface area contributed by atoms with E-state index in [1.165, 1.54) is 12.0 Å². The third kappa shape index (κ3) is 5.19. The number of rotatable bonds is 7. The summed E-state index contributed by atoms with van der Waals surface area (Å²) in [6.45, 7) is 2.54. The van der Waals surface area contributed by atoms with Crippen molar-refractivity contribution in [2.24, 2.45) is 5.92 Å². The fourth-order valence-electron chi connectivity index (χ4n) is 2.38. The zero-order valence-corrected chi connectivity index (χ0v) is 12.3. The molecule has 0 bridgehead atoms. The van der Waals surface area contributed by atoms with Gasteiger partial charge in [0.2, 0.25) is 11.8 Å². The lowest BCUT2D eigenvalue weighted by Gasteiger charge is -2.19. The summed E-state index contributed by atoms with van der Waals surface area (Å²) in [6, 6.07) is 0. The zero-order chi connectivity index (χ0) is 15.0. The summed E-state index contributed by atoms with van der Waals surface area (Å²) >= 11 is 0. The van der Waals surface area contributed by atoms with Crippen molar-refractivity contribution in [1.29, 1.82) is 0 Å². The number of ether oxygens (including phenoxy) is 1. The molecular formula is C14H24N2O4. The molecule has 0 atom stereocenters. The molecule has 1 fully saturated rings. The lowest BCUT2D eigenvalue weighted by molar-refractivity contribution is -0.146. The van der Waals surface area contributed by atoms with Gasteiger partial charge in [-0.1, -0.05) is 12.8 Å². The van der Waals surface area contributed by atoms with Crippen LogP contribution in [0.15, 0.2) is 0 Å². The lowest BCUT2D eigenvalue weighted by atomic mass is 10.1. The van der Waals surface area contributed by atoms with E-state index >= 15 is 0 Å². The molecule has 1 aliphatic rings. The average molecular weight is 284 g/mol. The van der Waals surface area contributed by atoms with E-state index in [1.807, 2.05) is 0 Å². The maximum Gasteiger partial charge on any atom is 0.325 e. The van der Waals surface area contributed by atoms with Crippen molar-refractivity contribution in [2.75, 3.05) is 26.7 Å². The molecule has 0 aromatic rings. The van der Waals surface area contributed by atoms with Crippen LogP contribution in [0.3, 0.4) is 0 Å². The first-order valence-electron chi connectivity index (χ1n) is 7.20. The number of carbonyl (C=O) groups excluding carboxylic acids is 3. The van der Waals surface area contributed by atoms with Crippen LogP contribution < -0.4 is 5.32 Å². The van der Waals surface area contributed by atoms with Crippen molar-refractivity contribution >= 4 is 17.8 Å². The third-order valence-electron chi connectivity index (χ3n) is 3.65. The highest BCUT2D eigenvalue weighted by Gasteiger charge is 2.22. The van der Waals surface area contributed by atoms with Gasteiger partial charge < -0.3 is 15.0 Å². The van der Waals surface area contributed by atoms with Gasteiger partial charge >= 0.3 is 5.97 Å². The van der Waals surface area contributed by atoms with Crippen LogP contribution >= 0.6 is 0 Å². The molecule has 2 amide bonds. The normalized spacial score (nSPS) is 14.9. The van der Waals surface area contributed by atoms with Gasteiger partial charge in [-0.05, 0) is 19.8 Å². The van der Waals surface area contributed by atoms with E-state index in [-0.39, 0.29) is 30.7 Å². The Morgan fingerprint density at radius 1 is 1.25 bits per heavy atom. The smallest absolute Gasteiger partial charge is 0.325 e. The van der Waals surface area contributed by atoms with Gasteiger partial charge in [-0.2, -0.15) is 0 Å². The highest BCUT2D eigenvalue weighted by molar-refractivity contribution is 5.83. The van der Waals surface area contributed by atoms with Crippen LogP contribution in [0.2, 0.25) is 0 Å². The summed E-state index contributed by atoms with van der Waals surface area (Å²) in [7, 11) is 1.29. The van der Waals surface area contributed by atoms with Crippen LogP contribution in [0.5, 0.6) is 0 Å². The second-order valence-electron chi connectivity index (χ2n) is 5.01. The quantitative estimate of drug-likeness (QED) is 0.698. The van der Waals surface area contributed by atoms with Gasteiger partial charge in [-0.3, -0.25) is 14.4 Å². The summed E-state index contributed by atoms with van der Waals surface area (Å²) in [5, 5.41) is 2.80. The number of nitrogens with one attached hydrogen (secondary N) is 1. The molecule has 0 radical (unpaired) electrons. The molecule has 0 unspecified atom stereocenters. The fourth-order valence-corrected chi connectivity index (χ4v) is 2.38. The average Bonchev–Trinajstić information content (AvgIpc) is 2.98. The van der Waals surface area contributed by atoms with Crippen molar-refractivity contribution in [3.05, 3.63) is 0 Å². The highest BCUT2D eigenvalue weighted by atomic mass is 16.5. The molecule has 114 valence electrons. The molecule has 1 rings (SSSR count). The van der Waals surface area contributed by atoms with Crippen molar-refractivity contribution in [3.8, 4) is 0 Å². The topological polar surface area (TPSA) is 75.7 Å². The van der Waals surface area contributed by atoms with E-state index in [2.05, 4.69) is 10.1 Å². The summed E-state index contributed by atoms with van der Waals surface area (Å²) < 4.78 is 4.54. The molecule has 0 aliphatic heterocycles. The molecular weight excluding hydrogens is 260 g/mol. The van der Waals surface area contributed by atoms with E-state index in [1.54, 1.807) is 6.92 Å². The Bertz CT molecular complexity index is 351. The Kier molecular flexibility index (Phi) is 7.04. The van der Waals surface area contributed by atoms with Gasteiger partial charge in [-0.15, -0.1) is 0 Å². The maximum absolute atomic E-state index is 11.9. The fraction of sp³-hybridized carbons (Fsp3) is 0.786. The van der Waals surface area contributed by atoms with Crippen LogP contribution in [-0.4, -0.2) is 49.4 Å². The van der Waals surface area contributed by atoms with E-state index < -0.39 is 5.97 Å². The van der Waals surface area contributed by atoms with E-state index in [0.29, 0.717) is 13.1 Å².